The van der Waals surface area contributed by atoms with Crippen LogP contribution >= 0.6 is 0 Å². The Hall–Kier alpha value is -7.06. The van der Waals surface area contributed by atoms with Gasteiger partial charge in [-0.2, -0.15) is 0 Å². The van der Waals surface area contributed by atoms with Gasteiger partial charge in [0.05, 0.1) is 0 Å². The summed E-state index contributed by atoms with van der Waals surface area (Å²) in [6, 6.07) is 51.4. The second-order valence-electron chi connectivity index (χ2n) is 11.1. The van der Waals surface area contributed by atoms with Gasteiger partial charge in [0.15, 0.2) is 23.0 Å². The minimum Gasteiger partial charge on any atom is -0.457 e. The van der Waals surface area contributed by atoms with Gasteiger partial charge in [0.2, 0.25) is 0 Å². The van der Waals surface area contributed by atoms with E-state index in [1.54, 1.807) is 42.5 Å². The smallest absolute Gasteiger partial charge is 0.169 e. The molecule has 0 amide bonds. The summed E-state index contributed by atoms with van der Waals surface area (Å²) in [5, 5.41) is 0. The summed E-state index contributed by atoms with van der Waals surface area (Å²) in [4.78, 5) is 0. The van der Waals surface area contributed by atoms with E-state index in [-0.39, 0.29) is 0 Å². The van der Waals surface area contributed by atoms with E-state index in [0.717, 1.165) is 0 Å². The first-order valence-corrected chi connectivity index (χ1v) is 15.8. The standard InChI is InChI=1S/C42H32N2O6/c43-29-10-5-12-31(24-29)45-33-14-7-16-35(26-33)47-39-20-1-3-22-41(39)49-37-18-9-19-38(28-37)50-42-23-4-2-21-40(42)48-36-17-8-15-34(27-36)46-32-13-6-11-30(44)25-32/h1-28H,43-44H2. The number of benzene rings is 7. The minimum atomic E-state index is 0.524. The largest absolute Gasteiger partial charge is 0.457 e. The van der Waals surface area contributed by atoms with Crippen LogP contribution < -0.4 is 39.9 Å². The summed E-state index contributed by atoms with van der Waals surface area (Å²) in [5.74, 6) is 6.87. The number of hydrogen-bond acceptors (Lipinski definition) is 8. The third-order valence-electron chi connectivity index (χ3n) is 7.21. The van der Waals surface area contributed by atoms with E-state index in [1.165, 1.54) is 0 Å². The van der Waals surface area contributed by atoms with Crippen LogP contribution in [0.3, 0.4) is 0 Å². The number of para-hydroxylation sites is 4. The molecule has 7 aromatic rings. The van der Waals surface area contributed by atoms with Gasteiger partial charge in [0, 0.05) is 41.7 Å². The molecule has 7 rings (SSSR count). The zero-order chi connectivity index (χ0) is 34.1. The zero-order valence-electron chi connectivity index (χ0n) is 26.8. The summed E-state index contributed by atoms with van der Waals surface area (Å²) < 4.78 is 37.0. The van der Waals surface area contributed by atoms with Gasteiger partial charge in [-0.3, -0.25) is 0 Å². The van der Waals surface area contributed by atoms with Gasteiger partial charge in [-0.25, -0.2) is 0 Å². The maximum atomic E-state index is 6.29. The summed E-state index contributed by atoms with van der Waals surface area (Å²) in [7, 11) is 0. The van der Waals surface area contributed by atoms with Crippen LogP contribution in [0, 0.1) is 0 Å². The van der Waals surface area contributed by atoms with Gasteiger partial charge in [-0.05, 0) is 84.9 Å². The zero-order valence-corrected chi connectivity index (χ0v) is 26.8. The molecule has 0 aliphatic heterocycles. The Balaban J connectivity index is 1.04. The highest BCUT2D eigenvalue weighted by atomic mass is 16.5. The molecule has 0 saturated carbocycles. The molecule has 0 spiro atoms. The van der Waals surface area contributed by atoms with E-state index in [1.807, 2.05) is 127 Å². The molecule has 0 unspecified atom stereocenters. The highest BCUT2D eigenvalue weighted by Crippen LogP contribution is 2.39. The molecule has 246 valence electrons. The molecule has 8 heteroatoms. The lowest BCUT2D eigenvalue weighted by Crippen LogP contribution is -1.93. The van der Waals surface area contributed by atoms with Crippen LogP contribution in [0.15, 0.2) is 170 Å². The van der Waals surface area contributed by atoms with E-state index >= 15 is 0 Å². The number of nitrogens with two attached hydrogens (primary N) is 2. The third kappa shape index (κ3) is 8.26. The van der Waals surface area contributed by atoms with Crippen molar-refractivity contribution >= 4 is 11.4 Å². The van der Waals surface area contributed by atoms with Crippen LogP contribution in [-0.4, -0.2) is 0 Å². The highest BCUT2D eigenvalue weighted by molar-refractivity contribution is 5.51. The van der Waals surface area contributed by atoms with Crippen LogP contribution in [0.1, 0.15) is 0 Å². The topological polar surface area (TPSA) is 107 Å². The van der Waals surface area contributed by atoms with Crippen molar-refractivity contribution in [1.82, 2.24) is 0 Å². The first-order valence-electron chi connectivity index (χ1n) is 15.8. The number of hydrogen-bond donors (Lipinski definition) is 2. The molecule has 4 N–H and O–H groups in total. The van der Waals surface area contributed by atoms with Crippen LogP contribution in [0.25, 0.3) is 0 Å². The third-order valence-corrected chi connectivity index (χ3v) is 7.21. The van der Waals surface area contributed by atoms with E-state index in [9.17, 15) is 0 Å². The van der Waals surface area contributed by atoms with E-state index in [2.05, 4.69) is 0 Å². The lowest BCUT2D eigenvalue weighted by molar-refractivity contribution is 0.405. The second kappa shape index (κ2) is 14.8. The van der Waals surface area contributed by atoms with Crippen LogP contribution in [0.4, 0.5) is 11.4 Å². The van der Waals surface area contributed by atoms with E-state index in [0.29, 0.717) is 80.4 Å². The summed E-state index contributed by atoms with van der Waals surface area (Å²) in [5.41, 5.74) is 13.0. The fourth-order valence-electron chi connectivity index (χ4n) is 4.98. The lowest BCUT2D eigenvalue weighted by Gasteiger charge is -2.15. The molecule has 0 fully saturated rings. The van der Waals surface area contributed by atoms with Crippen molar-refractivity contribution in [3.63, 3.8) is 0 Å². The normalized spacial score (nSPS) is 10.6. The Kier molecular flexibility index (Phi) is 9.33. The van der Waals surface area contributed by atoms with Crippen LogP contribution in [0.2, 0.25) is 0 Å². The highest BCUT2D eigenvalue weighted by Gasteiger charge is 2.12. The molecular formula is C42H32N2O6. The Labute approximate surface area is 289 Å². The molecule has 0 radical (unpaired) electrons. The molecule has 0 saturated heterocycles. The average molecular weight is 661 g/mol. The molecule has 0 aliphatic carbocycles. The first kappa shape index (κ1) is 31.5. The van der Waals surface area contributed by atoms with Gasteiger partial charge in [0.25, 0.3) is 0 Å². The van der Waals surface area contributed by atoms with Crippen molar-refractivity contribution in [1.29, 1.82) is 0 Å². The quantitative estimate of drug-likeness (QED) is 0.125. The predicted octanol–water partition coefficient (Wildman–Crippen LogP) is 11.6. The van der Waals surface area contributed by atoms with Crippen molar-refractivity contribution in [2.24, 2.45) is 0 Å². The Morgan fingerprint density at radius 3 is 0.760 bits per heavy atom. The van der Waals surface area contributed by atoms with Crippen molar-refractivity contribution in [2.75, 3.05) is 11.5 Å². The fraction of sp³-hybridized carbons (Fsp3) is 0. The predicted molar refractivity (Wildman–Crippen MR) is 194 cm³/mol. The number of anilines is 2. The minimum absolute atomic E-state index is 0.524. The van der Waals surface area contributed by atoms with Gasteiger partial charge < -0.3 is 39.9 Å². The van der Waals surface area contributed by atoms with Crippen molar-refractivity contribution in [2.45, 2.75) is 0 Å². The molecule has 7 aromatic carbocycles. The lowest BCUT2D eigenvalue weighted by atomic mass is 10.2. The summed E-state index contributed by atoms with van der Waals surface area (Å²) in [6.45, 7) is 0. The summed E-state index contributed by atoms with van der Waals surface area (Å²) >= 11 is 0. The molecule has 0 aliphatic rings. The van der Waals surface area contributed by atoms with E-state index < -0.39 is 0 Å². The van der Waals surface area contributed by atoms with Crippen molar-refractivity contribution in [3.05, 3.63) is 170 Å². The van der Waals surface area contributed by atoms with Crippen LogP contribution in [-0.2, 0) is 0 Å². The summed E-state index contributed by atoms with van der Waals surface area (Å²) in [6.07, 6.45) is 0. The van der Waals surface area contributed by atoms with Gasteiger partial charge in [-0.1, -0.05) is 54.6 Å². The molecule has 0 atom stereocenters. The van der Waals surface area contributed by atoms with Gasteiger partial charge >= 0.3 is 0 Å². The fourth-order valence-corrected chi connectivity index (χ4v) is 4.98. The maximum absolute atomic E-state index is 6.29. The Morgan fingerprint density at radius 1 is 0.240 bits per heavy atom. The van der Waals surface area contributed by atoms with Crippen molar-refractivity contribution < 1.29 is 28.4 Å². The van der Waals surface area contributed by atoms with Gasteiger partial charge in [-0.15, -0.1) is 0 Å². The maximum Gasteiger partial charge on any atom is 0.169 e. The number of rotatable bonds is 12. The molecule has 0 bridgehead atoms. The Morgan fingerprint density at radius 2 is 0.480 bits per heavy atom. The number of ether oxygens (including phenoxy) is 6. The first-order chi connectivity index (χ1) is 24.5. The second-order valence-corrected chi connectivity index (χ2v) is 11.1. The van der Waals surface area contributed by atoms with Crippen LogP contribution in [0.5, 0.6) is 69.0 Å². The average Bonchev–Trinajstić information content (AvgIpc) is 3.11. The molecule has 0 heterocycles. The number of nitrogen functional groups attached to an aromatic ring is 2. The molecule has 0 aromatic heterocycles. The Bertz CT molecular complexity index is 2080. The van der Waals surface area contributed by atoms with Crippen molar-refractivity contribution in [3.8, 4) is 69.0 Å². The van der Waals surface area contributed by atoms with E-state index in [4.69, 9.17) is 39.9 Å². The SMILES string of the molecule is Nc1cccc(Oc2cccc(Oc3ccccc3Oc3cccc(Oc4ccccc4Oc4cccc(Oc5cccc(N)c5)c4)c3)c2)c1. The van der Waals surface area contributed by atoms with Gasteiger partial charge in [0.1, 0.15) is 46.0 Å². The monoisotopic (exact) mass is 660 g/mol. The molecular weight excluding hydrogens is 628 g/mol. The molecule has 50 heavy (non-hydrogen) atoms. The molecule has 8 nitrogen and oxygen atoms in total.